The normalized spacial score (nSPS) is 12.6. The van der Waals surface area contributed by atoms with Crippen molar-refractivity contribution in [2.45, 2.75) is 9.59 Å². The van der Waals surface area contributed by atoms with Gasteiger partial charge in [-0.3, -0.25) is 0 Å². The highest BCUT2D eigenvalue weighted by molar-refractivity contribution is 8.01. The molecule has 1 aromatic heterocycles. The number of hydrogen-bond donors (Lipinski definition) is 1. The van der Waals surface area contributed by atoms with Gasteiger partial charge in [-0.05, 0) is 17.7 Å². The third-order valence-electron chi connectivity index (χ3n) is 2.09. The van der Waals surface area contributed by atoms with Gasteiger partial charge in [-0.2, -0.15) is 0 Å². The van der Waals surface area contributed by atoms with Gasteiger partial charge in [-0.25, -0.2) is 9.37 Å². The van der Waals surface area contributed by atoms with E-state index < -0.39 is 0 Å². The van der Waals surface area contributed by atoms with Crippen LogP contribution in [-0.2, 0) is 0 Å². The van der Waals surface area contributed by atoms with Gasteiger partial charge < -0.3 is 5.73 Å². The lowest BCUT2D eigenvalue weighted by Crippen LogP contribution is -2.09. The topological polar surface area (TPSA) is 38.9 Å². The highest BCUT2D eigenvalue weighted by Crippen LogP contribution is 2.35. The number of nitrogens with zero attached hydrogens (tertiary/aromatic N) is 1. The van der Waals surface area contributed by atoms with E-state index in [2.05, 4.69) is 4.98 Å². The molecule has 0 aliphatic carbocycles. The Bertz CT molecular complexity index is 445. The molecule has 2 aromatic rings. The Morgan fingerprint density at radius 3 is 3.00 bits per heavy atom. The maximum atomic E-state index is 13.1. The highest BCUT2D eigenvalue weighted by atomic mass is 32.2. The number of nitrogens with two attached hydrogens (primary N) is 1. The quantitative estimate of drug-likeness (QED) is 0.852. The fourth-order valence-corrected chi connectivity index (χ4v) is 3.19. The van der Waals surface area contributed by atoms with Gasteiger partial charge in [-0.15, -0.1) is 11.3 Å². The van der Waals surface area contributed by atoms with Crippen molar-refractivity contribution in [2.75, 3.05) is 6.54 Å². The first-order chi connectivity index (χ1) is 7.79. The van der Waals surface area contributed by atoms with Crippen molar-refractivity contribution in [1.82, 2.24) is 4.98 Å². The summed E-state index contributed by atoms with van der Waals surface area (Å²) in [6.07, 6.45) is 1.76. The van der Waals surface area contributed by atoms with E-state index in [1.54, 1.807) is 35.4 Å². The molecule has 5 heteroatoms. The van der Waals surface area contributed by atoms with Crippen LogP contribution in [0.2, 0.25) is 0 Å². The molecule has 84 valence electrons. The summed E-state index contributed by atoms with van der Waals surface area (Å²) in [6, 6.07) is 6.56. The first kappa shape index (κ1) is 11.6. The van der Waals surface area contributed by atoms with Crippen LogP contribution in [0.5, 0.6) is 0 Å². The lowest BCUT2D eigenvalue weighted by Gasteiger charge is -2.12. The van der Waals surface area contributed by atoms with Crippen molar-refractivity contribution in [3.8, 4) is 0 Å². The van der Waals surface area contributed by atoms with Crippen LogP contribution >= 0.6 is 23.1 Å². The van der Waals surface area contributed by atoms with Crippen molar-refractivity contribution >= 4 is 23.1 Å². The van der Waals surface area contributed by atoms with E-state index in [4.69, 9.17) is 5.73 Å². The largest absolute Gasteiger partial charge is 0.329 e. The molecule has 2 nitrogen and oxygen atoms in total. The smallest absolute Gasteiger partial charge is 0.150 e. The number of benzene rings is 1. The van der Waals surface area contributed by atoms with E-state index in [0.717, 1.165) is 9.90 Å². The standard InChI is InChI=1S/C11H11FN2S2/c12-9-3-1-2-8(6-9)10(7-13)16-11-14-4-5-15-11/h1-6,10H,7,13H2. The zero-order chi connectivity index (χ0) is 11.4. The molecule has 1 heterocycles. The Morgan fingerprint density at radius 2 is 2.38 bits per heavy atom. The summed E-state index contributed by atoms with van der Waals surface area (Å²) in [5, 5.41) is 1.98. The summed E-state index contributed by atoms with van der Waals surface area (Å²) in [4.78, 5) is 4.18. The van der Waals surface area contributed by atoms with Gasteiger partial charge in [0.1, 0.15) is 10.2 Å². The van der Waals surface area contributed by atoms with Gasteiger partial charge in [0.25, 0.3) is 0 Å². The summed E-state index contributed by atoms with van der Waals surface area (Å²) >= 11 is 3.14. The Labute approximate surface area is 102 Å². The maximum Gasteiger partial charge on any atom is 0.150 e. The van der Waals surface area contributed by atoms with Gasteiger partial charge in [-0.1, -0.05) is 23.9 Å². The second kappa shape index (κ2) is 5.43. The lowest BCUT2D eigenvalue weighted by molar-refractivity contribution is 0.625. The second-order valence-corrected chi connectivity index (χ2v) is 5.54. The molecule has 0 bridgehead atoms. The molecule has 0 fully saturated rings. The predicted octanol–water partition coefficient (Wildman–Crippen LogP) is 3.07. The van der Waals surface area contributed by atoms with Crippen LogP contribution in [0.4, 0.5) is 4.39 Å². The summed E-state index contributed by atoms with van der Waals surface area (Å²) in [7, 11) is 0. The SMILES string of the molecule is NCC(Sc1nccs1)c1cccc(F)c1. The third kappa shape index (κ3) is 2.81. The predicted molar refractivity (Wildman–Crippen MR) is 66.2 cm³/mol. The van der Waals surface area contributed by atoms with Crippen molar-refractivity contribution in [3.05, 3.63) is 47.2 Å². The Hall–Kier alpha value is -0.910. The van der Waals surface area contributed by atoms with Crippen LogP contribution in [0, 0.1) is 5.82 Å². The monoisotopic (exact) mass is 254 g/mol. The van der Waals surface area contributed by atoms with Crippen molar-refractivity contribution in [3.63, 3.8) is 0 Å². The summed E-state index contributed by atoms with van der Waals surface area (Å²) in [5.41, 5.74) is 6.61. The number of rotatable bonds is 4. The van der Waals surface area contributed by atoms with Crippen molar-refractivity contribution < 1.29 is 4.39 Å². The average molecular weight is 254 g/mol. The van der Waals surface area contributed by atoms with Crippen LogP contribution in [0.1, 0.15) is 10.8 Å². The Balaban J connectivity index is 2.16. The summed E-state index contributed by atoms with van der Waals surface area (Å²) in [6.45, 7) is 0.466. The third-order valence-corrected chi connectivity index (χ3v) is 4.29. The molecule has 0 aliphatic rings. The highest BCUT2D eigenvalue weighted by Gasteiger charge is 2.13. The Kier molecular flexibility index (Phi) is 3.93. The van der Waals surface area contributed by atoms with E-state index in [9.17, 15) is 4.39 Å². The van der Waals surface area contributed by atoms with E-state index in [0.29, 0.717) is 6.54 Å². The fraction of sp³-hybridized carbons (Fsp3) is 0.182. The number of aromatic nitrogens is 1. The van der Waals surface area contributed by atoms with E-state index >= 15 is 0 Å². The van der Waals surface area contributed by atoms with Crippen molar-refractivity contribution in [2.24, 2.45) is 5.73 Å². The molecule has 2 N–H and O–H groups in total. The maximum absolute atomic E-state index is 13.1. The van der Waals surface area contributed by atoms with E-state index in [1.165, 1.54) is 12.1 Å². The van der Waals surface area contributed by atoms with E-state index in [-0.39, 0.29) is 11.1 Å². The van der Waals surface area contributed by atoms with E-state index in [1.807, 2.05) is 11.4 Å². The van der Waals surface area contributed by atoms with Gasteiger partial charge in [0, 0.05) is 23.4 Å². The minimum Gasteiger partial charge on any atom is -0.329 e. The van der Waals surface area contributed by atoms with Crippen LogP contribution in [0.25, 0.3) is 0 Å². The first-order valence-electron chi connectivity index (χ1n) is 4.81. The summed E-state index contributed by atoms with van der Waals surface area (Å²) in [5.74, 6) is -0.226. The van der Waals surface area contributed by atoms with Crippen LogP contribution in [0.3, 0.4) is 0 Å². The van der Waals surface area contributed by atoms with Crippen LogP contribution < -0.4 is 5.73 Å². The molecule has 0 radical (unpaired) electrons. The molecule has 16 heavy (non-hydrogen) atoms. The first-order valence-corrected chi connectivity index (χ1v) is 6.57. The van der Waals surface area contributed by atoms with Gasteiger partial charge in [0.05, 0.1) is 0 Å². The molecule has 0 amide bonds. The zero-order valence-electron chi connectivity index (χ0n) is 8.47. The van der Waals surface area contributed by atoms with Crippen molar-refractivity contribution in [1.29, 1.82) is 0 Å². The molecule has 1 atom stereocenters. The molecular formula is C11H11FN2S2. The van der Waals surface area contributed by atoms with Gasteiger partial charge >= 0.3 is 0 Å². The Morgan fingerprint density at radius 1 is 1.50 bits per heavy atom. The molecular weight excluding hydrogens is 243 g/mol. The molecule has 0 saturated heterocycles. The van der Waals surface area contributed by atoms with Gasteiger partial charge in [0.2, 0.25) is 0 Å². The summed E-state index contributed by atoms with van der Waals surface area (Å²) < 4.78 is 14.0. The minimum absolute atomic E-state index is 0.0573. The zero-order valence-corrected chi connectivity index (χ0v) is 10.1. The lowest BCUT2D eigenvalue weighted by atomic mass is 10.1. The fourth-order valence-electron chi connectivity index (χ4n) is 1.35. The second-order valence-electron chi connectivity index (χ2n) is 3.20. The van der Waals surface area contributed by atoms with Crippen LogP contribution in [-0.4, -0.2) is 11.5 Å². The minimum atomic E-state index is -0.226. The molecule has 0 saturated carbocycles. The number of thioether (sulfide) groups is 1. The molecule has 1 unspecified atom stereocenters. The molecule has 1 aromatic carbocycles. The molecule has 2 rings (SSSR count). The number of hydrogen-bond acceptors (Lipinski definition) is 4. The van der Waals surface area contributed by atoms with Crippen LogP contribution in [0.15, 0.2) is 40.2 Å². The number of halogens is 1. The van der Waals surface area contributed by atoms with Gasteiger partial charge in [0.15, 0.2) is 0 Å². The number of thiazole rings is 1. The average Bonchev–Trinajstić information content (AvgIpc) is 2.78. The molecule has 0 spiro atoms. The molecule has 0 aliphatic heterocycles.